The third kappa shape index (κ3) is 1.46. The molecule has 1 aromatic rings. The minimum absolute atomic E-state index is 0.490. The first-order valence-electron chi connectivity index (χ1n) is 5.11. The van der Waals surface area contributed by atoms with Gasteiger partial charge in [-0.15, -0.1) is 23.5 Å². The molecular formula is C13H10OS2. The molecule has 1 aromatic carbocycles. The Morgan fingerprint density at radius 2 is 2.00 bits per heavy atom. The summed E-state index contributed by atoms with van der Waals surface area (Å²) in [6, 6.07) is 9.98. The van der Waals surface area contributed by atoms with Crippen LogP contribution in [0.3, 0.4) is 0 Å². The predicted molar refractivity (Wildman–Crippen MR) is 70.4 cm³/mol. The van der Waals surface area contributed by atoms with Crippen molar-refractivity contribution in [3.8, 4) is 0 Å². The molecule has 0 aromatic heterocycles. The molecule has 2 heterocycles. The fraction of sp³-hybridized carbons (Fsp3) is 0.154. The Morgan fingerprint density at radius 3 is 2.69 bits per heavy atom. The van der Waals surface area contributed by atoms with Gasteiger partial charge in [-0.05, 0) is 11.6 Å². The molecule has 0 aliphatic carbocycles. The molecule has 2 aliphatic heterocycles. The van der Waals surface area contributed by atoms with Crippen LogP contribution in [0.5, 0.6) is 0 Å². The van der Waals surface area contributed by atoms with Gasteiger partial charge in [-0.2, -0.15) is 0 Å². The van der Waals surface area contributed by atoms with Crippen LogP contribution in [0.15, 0.2) is 52.3 Å². The lowest BCUT2D eigenvalue weighted by atomic mass is 9.99. The number of carbonyl (C=O) groups is 1. The second-order valence-corrected chi connectivity index (χ2v) is 6.15. The van der Waals surface area contributed by atoms with Crippen molar-refractivity contribution in [3.63, 3.8) is 0 Å². The van der Waals surface area contributed by atoms with Crippen molar-refractivity contribution in [1.29, 1.82) is 0 Å². The Morgan fingerprint density at radius 1 is 1.19 bits per heavy atom. The van der Waals surface area contributed by atoms with E-state index in [1.807, 2.05) is 42.1 Å². The number of carbonyl (C=O) groups excluding carboxylic acids is 1. The Bertz CT molecular complexity index is 490. The smallest absolute Gasteiger partial charge is 0.144 e. The van der Waals surface area contributed by atoms with Gasteiger partial charge in [0, 0.05) is 15.6 Å². The Labute approximate surface area is 103 Å². The summed E-state index contributed by atoms with van der Waals surface area (Å²) in [5, 5.41) is 0. The van der Waals surface area contributed by atoms with E-state index in [-0.39, 0.29) is 0 Å². The molecule has 3 heteroatoms. The molecule has 0 bridgehead atoms. The van der Waals surface area contributed by atoms with Crippen molar-refractivity contribution in [2.45, 2.75) is 4.75 Å². The van der Waals surface area contributed by atoms with Gasteiger partial charge in [0.25, 0.3) is 0 Å². The van der Waals surface area contributed by atoms with Crippen LogP contribution in [0.1, 0.15) is 5.56 Å². The first kappa shape index (κ1) is 10.2. The predicted octanol–water partition coefficient (Wildman–Crippen LogP) is 3.34. The van der Waals surface area contributed by atoms with E-state index in [0.29, 0.717) is 0 Å². The second-order valence-electron chi connectivity index (χ2n) is 3.77. The van der Waals surface area contributed by atoms with Crippen LogP contribution in [0.4, 0.5) is 0 Å². The normalized spacial score (nSPS) is 27.2. The van der Waals surface area contributed by atoms with Gasteiger partial charge in [0.15, 0.2) is 0 Å². The largest absolute Gasteiger partial charge is 0.301 e. The van der Waals surface area contributed by atoms with E-state index in [1.165, 1.54) is 9.81 Å². The molecule has 80 valence electrons. The third-order valence-corrected chi connectivity index (χ3v) is 5.28. The number of aldehydes is 1. The van der Waals surface area contributed by atoms with Gasteiger partial charge in [0.2, 0.25) is 0 Å². The first-order chi connectivity index (χ1) is 7.84. The maximum Gasteiger partial charge on any atom is 0.144 e. The van der Waals surface area contributed by atoms with E-state index in [4.69, 9.17) is 0 Å². The molecule has 0 saturated heterocycles. The third-order valence-electron chi connectivity index (χ3n) is 2.77. The number of thioether (sulfide) groups is 2. The van der Waals surface area contributed by atoms with Crippen LogP contribution in [0.25, 0.3) is 0 Å². The number of fused-ring (bicyclic) bond motifs is 1. The van der Waals surface area contributed by atoms with Crippen molar-refractivity contribution >= 4 is 29.8 Å². The Kier molecular flexibility index (Phi) is 2.45. The molecule has 1 nitrogen and oxygen atoms in total. The fourth-order valence-corrected chi connectivity index (χ4v) is 4.53. The standard InChI is InChI=1S/C13H10OS2/c14-9-13(10-4-2-1-3-5-10)8-12-11(16-13)6-7-15-12/h1-6,8-9H,7H2. The summed E-state index contributed by atoms with van der Waals surface area (Å²) in [4.78, 5) is 14.0. The summed E-state index contributed by atoms with van der Waals surface area (Å²) in [6.45, 7) is 0. The van der Waals surface area contributed by atoms with E-state index in [1.54, 1.807) is 11.8 Å². The van der Waals surface area contributed by atoms with Crippen LogP contribution >= 0.6 is 23.5 Å². The van der Waals surface area contributed by atoms with Crippen molar-refractivity contribution in [3.05, 3.63) is 57.9 Å². The summed E-state index contributed by atoms with van der Waals surface area (Å²) in [6.07, 6.45) is 5.36. The van der Waals surface area contributed by atoms with Gasteiger partial charge in [-0.25, -0.2) is 0 Å². The molecule has 1 unspecified atom stereocenters. The second kappa shape index (κ2) is 3.82. The highest BCUT2D eigenvalue weighted by Crippen LogP contribution is 2.55. The van der Waals surface area contributed by atoms with Crippen LogP contribution in [-0.2, 0) is 9.54 Å². The van der Waals surface area contributed by atoms with Crippen LogP contribution < -0.4 is 0 Å². The van der Waals surface area contributed by atoms with Crippen LogP contribution in [0, 0.1) is 0 Å². The van der Waals surface area contributed by atoms with E-state index < -0.39 is 4.75 Å². The molecule has 0 amide bonds. The van der Waals surface area contributed by atoms with Gasteiger partial charge in [0.1, 0.15) is 11.0 Å². The zero-order chi connectivity index (χ0) is 11.0. The molecule has 16 heavy (non-hydrogen) atoms. The quantitative estimate of drug-likeness (QED) is 0.745. The highest BCUT2D eigenvalue weighted by atomic mass is 32.2. The zero-order valence-corrected chi connectivity index (χ0v) is 10.2. The molecule has 0 N–H and O–H groups in total. The molecule has 3 rings (SSSR count). The minimum Gasteiger partial charge on any atom is -0.301 e. The highest BCUT2D eigenvalue weighted by Gasteiger charge is 2.39. The summed E-state index contributed by atoms with van der Waals surface area (Å²) < 4.78 is -0.490. The molecule has 0 radical (unpaired) electrons. The lowest BCUT2D eigenvalue weighted by molar-refractivity contribution is -0.109. The van der Waals surface area contributed by atoms with Crippen molar-refractivity contribution in [1.82, 2.24) is 0 Å². The molecule has 0 spiro atoms. The Balaban J connectivity index is 2.08. The topological polar surface area (TPSA) is 17.1 Å². The average molecular weight is 246 g/mol. The molecule has 1 atom stereocenters. The minimum atomic E-state index is -0.490. The Hall–Kier alpha value is -0.930. The van der Waals surface area contributed by atoms with Gasteiger partial charge in [0.05, 0.1) is 0 Å². The maximum atomic E-state index is 11.5. The molecular weight excluding hydrogens is 236 g/mol. The number of hydrogen-bond donors (Lipinski definition) is 0. The van der Waals surface area contributed by atoms with Gasteiger partial charge >= 0.3 is 0 Å². The summed E-state index contributed by atoms with van der Waals surface area (Å²) >= 11 is 3.48. The number of rotatable bonds is 2. The van der Waals surface area contributed by atoms with Crippen LogP contribution in [-0.4, -0.2) is 12.0 Å². The fourth-order valence-electron chi connectivity index (χ4n) is 1.96. The SMILES string of the molecule is O=CC1(c2ccccc2)C=C2SCC=C2S1. The maximum absolute atomic E-state index is 11.5. The molecule has 0 fully saturated rings. The van der Waals surface area contributed by atoms with Crippen molar-refractivity contribution < 1.29 is 4.79 Å². The van der Waals surface area contributed by atoms with Crippen molar-refractivity contribution in [2.75, 3.05) is 5.75 Å². The van der Waals surface area contributed by atoms with E-state index in [2.05, 4.69) is 12.2 Å². The molecule has 2 aliphatic rings. The highest BCUT2D eigenvalue weighted by molar-refractivity contribution is 8.10. The summed E-state index contributed by atoms with van der Waals surface area (Å²) in [5.74, 6) is 1.04. The van der Waals surface area contributed by atoms with Crippen molar-refractivity contribution in [2.24, 2.45) is 0 Å². The first-order valence-corrected chi connectivity index (χ1v) is 6.91. The monoisotopic (exact) mass is 246 g/mol. The lowest BCUT2D eigenvalue weighted by Crippen LogP contribution is -2.18. The van der Waals surface area contributed by atoms with E-state index in [0.717, 1.165) is 17.6 Å². The zero-order valence-electron chi connectivity index (χ0n) is 8.55. The number of benzene rings is 1. The summed E-state index contributed by atoms with van der Waals surface area (Å²) in [5.41, 5.74) is 1.07. The lowest BCUT2D eigenvalue weighted by Gasteiger charge is -2.19. The van der Waals surface area contributed by atoms with Crippen LogP contribution in [0.2, 0.25) is 0 Å². The average Bonchev–Trinajstić information content (AvgIpc) is 2.88. The van der Waals surface area contributed by atoms with E-state index in [9.17, 15) is 4.79 Å². The van der Waals surface area contributed by atoms with Gasteiger partial charge < -0.3 is 4.79 Å². The molecule has 0 saturated carbocycles. The summed E-state index contributed by atoms with van der Waals surface area (Å²) in [7, 11) is 0. The number of hydrogen-bond acceptors (Lipinski definition) is 3. The van der Waals surface area contributed by atoms with E-state index >= 15 is 0 Å². The van der Waals surface area contributed by atoms with Gasteiger partial charge in [-0.3, -0.25) is 0 Å². The van der Waals surface area contributed by atoms with Gasteiger partial charge in [-0.1, -0.05) is 36.4 Å².